The quantitative estimate of drug-likeness (QED) is 0.343. The predicted molar refractivity (Wildman–Crippen MR) is 120 cm³/mol. The van der Waals surface area contributed by atoms with Gasteiger partial charge < -0.3 is 14.9 Å². The van der Waals surface area contributed by atoms with Gasteiger partial charge in [-0.2, -0.15) is 0 Å². The van der Waals surface area contributed by atoms with Crippen molar-refractivity contribution in [3.05, 3.63) is 107 Å². The van der Waals surface area contributed by atoms with Crippen molar-refractivity contribution in [2.75, 3.05) is 0 Å². The van der Waals surface area contributed by atoms with Crippen LogP contribution in [0.5, 0.6) is 5.75 Å². The molecular formula is C22H20Cl2N4O3. The molecule has 0 aliphatic heterocycles. The molecule has 0 radical (unpaired) electrons. The Morgan fingerprint density at radius 2 is 1.32 bits per heavy atom. The Morgan fingerprint density at radius 1 is 0.806 bits per heavy atom. The first kappa shape index (κ1) is 21.1. The molecule has 9 heteroatoms. The summed E-state index contributed by atoms with van der Waals surface area (Å²) in [5, 5.41) is 11.9. The molecule has 0 saturated carbocycles. The van der Waals surface area contributed by atoms with E-state index in [1.165, 1.54) is 0 Å². The van der Waals surface area contributed by atoms with Crippen LogP contribution in [-0.4, -0.2) is 20.4 Å². The molecule has 2 aromatic heterocycles. The molecule has 0 amide bonds. The molecule has 0 saturated heterocycles. The predicted octanol–water partition coefficient (Wildman–Crippen LogP) is 4.40. The van der Waals surface area contributed by atoms with Crippen LogP contribution in [0.4, 0.5) is 0 Å². The van der Waals surface area contributed by atoms with Crippen molar-refractivity contribution in [2.24, 2.45) is 0 Å². The fraction of sp³-hybridized carbons (Fsp3) is 0.182. The van der Waals surface area contributed by atoms with Crippen LogP contribution in [0.15, 0.2) is 52.1 Å². The number of ether oxygens (including phenoxy) is 1. The number of hydrogen-bond donors (Lipinski definition) is 4. The van der Waals surface area contributed by atoms with Crippen LogP contribution in [0.3, 0.4) is 0 Å². The second kappa shape index (κ2) is 8.53. The molecule has 2 heterocycles. The summed E-state index contributed by atoms with van der Waals surface area (Å²) in [5.41, 5.74) is 3.27. The van der Waals surface area contributed by atoms with E-state index < -0.39 is 5.92 Å². The molecule has 4 aromatic rings. The van der Waals surface area contributed by atoms with Crippen molar-refractivity contribution in [3.8, 4) is 5.75 Å². The van der Waals surface area contributed by atoms with Gasteiger partial charge in [0.1, 0.15) is 12.4 Å². The lowest BCUT2D eigenvalue weighted by molar-refractivity contribution is 0.306. The second-order valence-corrected chi connectivity index (χ2v) is 8.04. The minimum absolute atomic E-state index is 0.217. The van der Waals surface area contributed by atoms with Crippen LogP contribution >= 0.6 is 23.2 Å². The first-order chi connectivity index (χ1) is 14.9. The van der Waals surface area contributed by atoms with Gasteiger partial charge in [0.2, 0.25) is 0 Å². The van der Waals surface area contributed by atoms with E-state index >= 15 is 0 Å². The third-order valence-electron chi connectivity index (χ3n) is 5.26. The van der Waals surface area contributed by atoms with Gasteiger partial charge in [0.15, 0.2) is 0 Å². The van der Waals surface area contributed by atoms with Gasteiger partial charge in [-0.15, -0.1) is 0 Å². The van der Waals surface area contributed by atoms with E-state index in [2.05, 4.69) is 20.4 Å². The molecule has 0 fully saturated rings. The third kappa shape index (κ3) is 4.06. The Kier molecular flexibility index (Phi) is 5.80. The lowest BCUT2D eigenvalue weighted by Crippen LogP contribution is -2.20. The lowest BCUT2D eigenvalue weighted by Gasteiger charge is -2.16. The molecule has 0 aliphatic carbocycles. The topological polar surface area (TPSA) is 107 Å². The fourth-order valence-corrected chi connectivity index (χ4v) is 4.17. The maximum absolute atomic E-state index is 12.5. The highest BCUT2D eigenvalue weighted by atomic mass is 35.5. The summed E-state index contributed by atoms with van der Waals surface area (Å²) in [5.74, 6) is 0.0648. The van der Waals surface area contributed by atoms with Gasteiger partial charge in [-0.05, 0) is 43.7 Å². The minimum atomic E-state index is -0.544. The maximum atomic E-state index is 12.5. The Bertz CT molecular complexity index is 1260. The van der Waals surface area contributed by atoms with Crippen LogP contribution in [0, 0.1) is 13.8 Å². The van der Waals surface area contributed by atoms with Gasteiger partial charge in [0, 0.05) is 32.9 Å². The monoisotopic (exact) mass is 458 g/mol. The third-order valence-corrected chi connectivity index (χ3v) is 5.97. The number of halogens is 2. The zero-order valence-electron chi connectivity index (χ0n) is 16.8. The Labute approximate surface area is 187 Å². The molecule has 0 spiro atoms. The molecule has 0 unspecified atom stereocenters. The Morgan fingerprint density at radius 3 is 1.77 bits per heavy atom. The maximum Gasteiger partial charge on any atom is 0.268 e. The highest BCUT2D eigenvalue weighted by Crippen LogP contribution is 2.32. The van der Waals surface area contributed by atoms with Crippen LogP contribution in [0.1, 0.15) is 39.6 Å². The molecule has 0 atom stereocenters. The zero-order chi connectivity index (χ0) is 22.1. The summed E-state index contributed by atoms with van der Waals surface area (Å²) >= 11 is 12.4. The van der Waals surface area contributed by atoms with Crippen molar-refractivity contribution >= 4 is 23.2 Å². The van der Waals surface area contributed by atoms with Gasteiger partial charge in [-0.25, -0.2) is 0 Å². The average Bonchev–Trinajstić information content (AvgIpc) is 3.25. The summed E-state index contributed by atoms with van der Waals surface area (Å²) in [6.07, 6.45) is 0. The van der Waals surface area contributed by atoms with E-state index in [1.54, 1.807) is 44.2 Å². The summed E-state index contributed by atoms with van der Waals surface area (Å²) in [7, 11) is 0. The number of aromatic amines is 4. The lowest BCUT2D eigenvalue weighted by atomic mass is 9.85. The molecule has 0 bridgehead atoms. The van der Waals surface area contributed by atoms with Gasteiger partial charge >= 0.3 is 0 Å². The van der Waals surface area contributed by atoms with Crippen LogP contribution in [0.2, 0.25) is 10.0 Å². The SMILES string of the molecule is Cc1[nH][nH]c(=O)c1C(c1ccc(OCc2c(Cl)cccc2Cl)cc1)c1c(C)[nH][nH]c1=O. The number of aromatic nitrogens is 4. The van der Waals surface area contributed by atoms with Crippen molar-refractivity contribution in [2.45, 2.75) is 26.4 Å². The second-order valence-electron chi connectivity index (χ2n) is 7.23. The van der Waals surface area contributed by atoms with Crippen LogP contribution < -0.4 is 15.9 Å². The highest BCUT2D eigenvalue weighted by Gasteiger charge is 2.28. The first-order valence-electron chi connectivity index (χ1n) is 9.56. The number of H-pyrrole nitrogens is 4. The first-order valence-corrected chi connectivity index (χ1v) is 10.3. The van der Waals surface area contributed by atoms with Crippen molar-refractivity contribution in [1.82, 2.24) is 20.4 Å². The normalized spacial score (nSPS) is 11.3. The number of hydrogen-bond acceptors (Lipinski definition) is 3. The van der Waals surface area contributed by atoms with Gasteiger partial charge in [-0.3, -0.25) is 19.8 Å². The number of nitrogens with one attached hydrogen (secondary N) is 4. The van der Waals surface area contributed by atoms with Crippen LogP contribution in [0.25, 0.3) is 0 Å². The number of rotatable bonds is 6. The van der Waals surface area contributed by atoms with E-state index in [-0.39, 0.29) is 17.7 Å². The Hall–Kier alpha value is -3.16. The van der Waals surface area contributed by atoms with Crippen LogP contribution in [-0.2, 0) is 6.61 Å². The molecule has 2 aromatic carbocycles. The fourth-order valence-electron chi connectivity index (χ4n) is 3.67. The largest absolute Gasteiger partial charge is 0.489 e. The highest BCUT2D eigenvalue weighted by molar-refractivity contribution is 6.35. The molecule has 7 nitrogen and oxygen atoms in total. The van der Waals surface area contributed by atoms with Crippen molar-refractivity contribution in [1.29, 1.82) is 0 Å². The van der Waals surface area contributed by atoms with Crippen molar-refractivity contribution < 1.29 is 4.74 Å². The summed E-state index contributed by atoms with van der Waals surface area (Å²) < 4.78 is 5.85. The van der Waals surface area contributed by atoms with Crippen molar-refractivity contribution in [3.63, 3.8) is 0 Å². The average molecular weight is 459 g/mol. The Balaban J connectivity index is 1.68. The summed E-state index contributed by atoms with van der Waals surface area (Å²) in [6.45, 7) is 3.80. The molecule has 31 heavy (non-hydrogen) atoms. The standard InChI is InChI=1S/C22H20Cl2N4O3/c1-11-18(21(29)27-25-11)20(19-12(2)26-28-22(19)30)13-6-8-14(9-7-13)31-10-15-16(23)4-3-5-17(15)24/h3-9,20H,10H2,1-2H3,(H2,25,27,29)(H2,26,28,30). The summed E-state index contributed by atoms with van der Waals surface area (Å²) in [6, 6.07) is 12.6. The van der Waals surface area contributed by atoms with Gasteiger partial charge in [0.05, 0.1) is 11.1 Å². The molecular weight excluding hydrogens is 439 g/mol. The molecule has 0 aliphatic rings. The summed E-state index contributed by atoms with van der Waals surface area (Å²) in [4.78, 5) is 25.0. The van der Waals surface area contributed by atoms with E-state index in [1.807, 2.05) is 12.1 Å². The van der Waals surface area contributed by atoms with E-state index in [0.29, 0.717) is 43.9 Å². The molecule has 160 valence electrons. The molecule has 4 rings (SSSR count). The smallest absolute Gasteiger partial charge is 0.268 e. The minimum Gasteiger partial charge on any atom is -0.489 e. The number of aryl methyl sites for hydroxylation is 2. The van der Waals surface area contributed by atoms with E-state index in [4.69, 9.17) is 27.9 Å². The van der Waals surface area contributed by atoms with E-state index in [9.17, 15) is 9.59 Å². The van der Waals surface area contributed by atoms with Gasteiger partial charge in [0.25, 0.3) is 11.1 Å². The molecule has 4 N–H and O–H groups in total. The zero-order valence-corrected chi connectivity index (χ0v) is 18.3. The van der Waals surface area contributed by atoms with E-state index in [0.717, 1.165) is 5.56 Å². The number of benzene rings is 2. The van der Waals surface area contributed by atoms with Gasteiger partial charge in [-0.1, -0.05) is 41.4 Å².